The third kappa shape index (κ3) is 3.70. The lowest BCUT2D eigenvalue weighted by molar-refractivity contribution is -0.139. The second-order valence-corrected chi connectivity index (χ2v) is 5.26. The molecule has 0 aliphatic carbocycles. The van der Waals surface area contributed by atoms with Crippen LogP contribution in [0.4, 0.5) is 0 Å². The number of nitrogens with zero attached hydrogens (tertiary/aromatic N) is 1. The van der Waals surface area contributed by atoms with Gasteiger partial charge in [0.1, 0.15) is 0 Å². The second kappa shape index (κ2) is 7.00. The number of amides is 1. The number of carbonyl (C=O) groups excluding carboxylic acids is 1. The van der Waals surface area contributed by atoms with Gasteiger partial charge in [-0.1, -0.05) is 26.7 Å². The highest BCUT2D eigenvalue weighted by Gasteiger charge is 2.31. The first kappa shape index (κ1) is 14.5. The molecule has 0 aromatic heterocycles. The molecule has 0 aromatic carbocycles. The summed E-state index contributed by atoms with van der Waals surface area (Å²) in [5, 5.41) is 3.42. The van der Waals surface area contributed by atoms with Crippen molar-refractivity contribution in [3.8, 4) is 0 Å². The molecule has 1 heterocycles. The molecule has 0 radical (unpaired) electrons. The van der Waals surface area contributed by atoms with Gasteiger partial charge in [0.05, 0.1) is 0 Å². The van der Waals surface area contributed by atoms with Gasteiger partial charge in [-0.3, -0.25) is 4.79 Å². The molecule has 3 unspecified atom stereocenters. The fourth-order valence-corrected chi connectivity index (χ4v) is 2.55. The van der Waals surface area contributed by atoms with Crippen LogP contribution in [0.3, 0.4) is 0 Å². The van der Waals surface area contributed by atoms with E-state index < -0.39 is 0 Å². The van der Waals surface area contributed by atoms with Gasteiger partial charge in [0, 0.05) is 31.1 Å². The van der Waals surface area contributed by atoms with E-state index in [-0.39, 0.29) is 5.92 Å². The zero-order chi connectivity index (χ0) is 12.8. The Morgan fingerprint density at radius 3 is 2.71 bits per heavy atom. The van der Waals surface area contributed by atoms with Crippen molar-refractivity contribution in [2.45, 2.75) is 65.5 Å². The van der Waals surface area contributed by atoms with Gasteiger partial charge in [-0.2, -0.15) is 0 Å². The van der Waals surface area contributed by atoms with E-state index in [1.165, 1.54) is 12.8 Å². The molecule has 0 bridgehead atoms. The molecule has 3 atom stereocenters. The van der Waals surface area contributed by atoms with E-state index in [4.69, 9.17) is 0 Å². The molecule has 1 N–H and O–H groups in total. The van der Waals surface area contributed by atoms with Gasteiger partial charge < -0.3 is 10.2 Å². The van der Waals surface area contributed by atoms with Crippen LogP contribution < -0.4 is 5.32 Å². The Kier molecular flexibility index (Phi) is 5.96. The average molecular weight is 240 g/mol. The van der Waals surface area contributed by atoms with Crippen molar-refractivity contribution >= 4 is 5.91 Å². The molecule has 1 aliphatic heterocycles. The predicted octanol–water partition coefficient (Wildman–Crippen LogP) is 2.41. The number of hydrogen-bond donors (Lipinski definition) is 1. The third-order valence-corrected chi connectivity index (χ3v) is 4.07. The van der Waals surface area contributed by atoms with Crippen molar-refractivity contribution in [2.75, 3.05) is 13.1 Å². The molecule has 0 spiro atoms. The molecule has 3 nitrogen and oxygen atoms in total. The van der Waals surface area contributed by atoms with Gasteiger partial charge in [-0.15, -0.1) is 0 Å². The van der Waals surface area contributed by atoms with Crippen LogP contribution in [0.5, 0.6) is 0 Å². The third-order valence-electron chi connectivity index (χ3n) is 4.07. The van der Waals surface area contributed by atoms with Crippen molar-refractivity contribution in [1.29, 1.82) is 0 Å². The standard InChI is InChI=1S/C14H28N2O/c1-5-7-8-13(6-2)14(17)16-10-9-15-11(3)12(16)4/h11-13,15H,5-10H2,1-4H3. The SMILES string of the molecule is CCCCC(CC)C(=O)N1CCNC(C)C1C. The van der Waals surface area contributed by atoms with Crippen molar-refractivity contribution in [1.82, 2.24) is 10.2 Å². The summed E-state index contributed by atoms with van der Waals surface area (Å²) in [6.45, 7) is 10.4. The zero-order valence-electron chi connectivity index (χ0n) is 11.8. The quantitative estimate of drug-likeness (QED) is 0.800. The lowest BCUT2D eigenvalue weighted by Crippen LogP contribution is -2.58. The number of piperazine rings is 1. The zero-order valence-corrected chi connectivity index (χ0v) is 11.8. The molecular weight excluding hydrogens is 212 g/mol. The van der Waals surface area contributed by atoms with Crippen molar-refractivity contribution < 1.29 is 4.79 Å². The van der Waals surface area contributed by atoms with Crippen LogP contribution in [0.1, 0.15) is 53.4 Å². The Balaban J connectivity index is 2.59. The number of hydrogen-bond acceptors (Lipinski definition) is 2. The van der Waals surface area contributed by atoms with E-state index in [1.807, 2.05) is 0 Å². The summed E-state index contributed by atoms with van der Waals surface area (Å²) in [6.07, 6.45) is 4.37. The van der Waals surface area contributed by atoms with Crippen LogP contribution in [-0.4, -0.2) is 36.0 Å². The lowest BCUT2D eigenvalue weighted by atomic mass is 9.95. The first-order valence-electron chi connectivity index (χ1n) is 7.15. The molecule has 1 rings (SSSR count). The normalized spacial score (nSPS) is 26.9. The largest absolute Gasteiger partial charge is 0.337 e. The van der Waals surface area contributed by atoms with Crippen LogP contribution in [0.25, 0.3) is 0 Å². The van der Waals surface area contributed by atoms with Crippen LogP contribution in [-0.2, 0) is 4.79 Å². The molecular formula is C14H28N2O. The molecule has 0 saturated carbocycles. The predicted molar refractivity (Wildman–Crippen MR) is 71.9 cm³/mol. The Hall–Kier alpha value is -0.570. The summed E-state index contributed by atoms with van der Waals surface area (Å²) in [5.41, 5.74) is 0. The highest BCUT2D eigenvalue weighted by atomic mass is 16.2. The summed E-state index contributed by atoms with van der Waals surface area (Å²) in [6, 6.07) is 0.739. The summed E-state index contributed by atoms with van der Waals surface area (Å²) in [7, 11) is 0. The summed E-state index contributed by atoms with van der Waals surface area (Å²) < 4.78 is 0. The Labute approximate surface area is 106 Å². The molecule has 100 valence electrons. The molecule has 1 saturated heterocycles. The topological polar surface area (TPSA) is 32.3 Å². The van der Waals surface area contributed by atoms with Crippen molar-refractivity contribution in [3.05, 3.63) is 0 Å². The minimum Gasteiger partial charge on any atom is -0.337 e. The maximum atomic E-state index is 12.5. The maximum Gasteiger partial charge on any atom is 0.226 e. The number of rotatable bonds is 5. The number of unbranched alkanes of at least 4 members (excludes halogenated alkanes) is 1. The van der Waals surface area contributed by atoms with Gasteiger partial charge in [0.15, 0.2) is 0 Å². The Morgan fingerprint density at radius 1 is 1.41 bits per heavy atom. The molecule has 0 aromatic rings. The van der Waals surface area contributed by atoms with E-state index in [9.17, 15) is 4.79 Å². The summed E-state index contributed by atoms with van der Waals surface area (Å²) in [4.78, 5) is 14.6. The van der Waals surface area contributed by atoms with Crippen LogP contribution in [0.15, 0.2) is 0 Å². The monoisotopic (exact) mass is 240 g/mol. The molecule has 17 heavy (non-hydrogen) atoms. The van der Waals surface area contributed by atoms with Crippen LogP contribution in [0, 0.1) is 5.92 Å². The minimum atomic E-state index is 0.239. The van der Waals surface area contributed by atoms with E-state index in [0.29, 0.717) is 18.0 Å². The summed E-state index contributed by atoms with van der Waals surface area (Å²) in [5.74, 6) is 0.615. The van der Waals surface area contributed by atoms with Gasteiger partial charge in [-0.05, 0) is 26.7 Å². The summed E-state index contributed by atoms with van der Waals surface area (Å²) >= 11 is 0. The molecule has 1 fully saturated rings. The smallest absolute Gasteiger partial charge is 0.226 e. The highest BCUT2D eigenvalue weighted by Crippen LogP contribution is 2.19. The molecule has 3 heteroatoms. The fraction of sp³-hybridized carbons (Fsp3) is 0.929. The number of carbonyl (C=O) groups is 1. The lowest BCUT2D eigenvalue weighted by Gasteiger charge is -2.40. The Morgan fingerprint density at radius 2 is 2.12 bits per heavy atom. The van der Waals surface area contributed by atoms with E-state index in [2.05, 4.69) is 37.9 Å². The van der Waals surface area contributed by atoms with Crippen molar-refractivity contribution in [2.24, 2.45) is 5.92 Å². The molecule has 1 amide bonds. The first-order chi connectivity index (χ1) is 8.11. The highest BCUT2D eigenvalue weighted by molar-refractivity contribution is 5.79. The maximum absolute atomic E-state index is 12.5. The minimum absolute atomic E-state index is 0.239. The fourth-order valence-electron chi connectivity index (χ4n) is 2.55. The van der Waals surface area contributed by atoms with Gasteiger partial charge >= 0.3 is 0 Å². The van der Waals surface area contributed by atoms with E-state index >= 15 is 0 Å². The van der Waals surface area contributed by atoms with Gasteiger partial charge in [0.25, 0.3) is 0 Å². The van der Waals surface area contributed by atoms with Gasteiger partial charge in [-0.25, -0.2) is 0 Å². The Bertz CT molecular complexity index is 242. The average Bonchev–Trinajstić information content (AvgIpc) is 2.33. The molecule has 1 aliphatic rings. The van der Waals surface area contributed by atoms with E-state index in [0.717, 1.165) is 25.9 Å². The number of nitrogens with one attached hydrogen (secondary N) is 1. The first-order valence-corrected chi connectivity index (χ1v) is 7.15. The van der Waals surface area contributed by atoms with Crippen molar-refractivity contribution in [3.63, 3.8) is 0 Å². The van der Waals surface area contributed by atoms with E-state index in [1.54, 1.807) is 0 Å². The second-order valence-electron chi connectivity index (χ2n) is 5.26. The van der Waals surface area contributed by atoms with Crippen LogP contribution in [0.2, 0.25) is 0 Å². The van der Waals surface area contributed by atoms with Crippen LogP contribution >= 0.6 is 0 Å². The van der Waals surface area contributed by atoms with Gasteiger partial charge in [0.2, 0.25) is 5.91 Å².